The maximum Gasteiger partial charge on any atom is 0.0857 e. The third-order valence-corrected chi connectivity index (χ3v) is 3.31. The van der Waals surface area contributed by atoms with Gasteiger partial charge in [0.25, 0.3) is 0 Å². The van der Waals surface area contributed by atoms with Crippen LogP contribution in [0.1, 0.15) is 27.7 Å². The van der Waals surface area contributed by atoms with E-state index in [4.69, 9.17) is 4.74 Å². The van der Waals surface area contributed by atoms with Gasteiger partial charge in [-0.2, -0.15) is 0 Å². The van der Waals surface area contributed by atoms with E-state index in [1.807, 2.05) is 7.05 Å². The fourth-order valence-electron chi connectivity index (χ4n) is 2.33. The van der Waals surface area contributed by atoms with Gasteiger partial charge in [0.2, 0.25) is 0 Å². The predicted molar refractivity (Wildman–Crippen MR) is 64.1 cm³/mol. The Morgan fingerprint density at radius 2 is 1.93 bits per heavy atom. The number of likely N-dealkylation sites (N-methyl/N-ethyl adjacent to an activating group) is 1. The second-order valence-electron chi connectivity index (χ2n) is 5.06. The van der Waals surface area contributed by atoms with E-state index in [2.05, 4.69) is 37.9 Å². The number of rotatable bonds is 4. The fraction of sp³-hybridized carbons (Fsp3) is 1.00. The Morgan fingerprint density at radius 3 is 2.40 bits per heavy atom. The molecule has 2 atom stereocenters. The zero-order chi connectivity index (χ0) is 11.4. The number of ether oxygens (including phenoxy) is 1. The highest BCUT2D eigenvalue weighted by Crippen LogP contribution is 2.16. The van der Waals surface area contributed by atoms with Gasteiger partial charge in [-0.05, 0) is 26.8 Å². The summed E-state index contributed by atoms with van der Waals surface area (Å²) in [5.41, 5.74) is 0. The quantitative estimate of drug-likeness (QED) is 0.764. The summed E-state index contributed by atoms with van der Waals surface area (Å²) >= 11 is 0. The highest BCUT2D eigenvalue weighted by molar-refractivity contribution is 4.85. The van der Waals surface area contributed by atoms with Crippen LogP contribution in [0, 0.1) is 5.92 Å². The van der Waals surface area contributed by atoms with Gasteiger partial charge in [-0.15, -0.1) is 0 Å². The molecule has 1 fully saturated rings. The van der Waals surface area contributed by atoms with E-state index in [1.54, 1.807) is 0 Å². The lowest BCUT2D eigenvalue weighted by molar-refractivity contribution is -0.0611. The van der Waals surface area contributed by atoms with Crippen LogP contribution in [0.15, 0.2) is 0 Å². The van der Waals surface area contributed by atoms with Gasteiger partial charge < -0.3 is 10.1 Å². The summed E-state index contributed by atoms with van der Waals surface area (Å²) in [6, 6.07) is 1.09. The monoisotopic (exact) mass is 214 g/mol. The summed E-state index contributed by atoms with van der Waals surface area (Å²) < 4.78 is 5.87. The predicted octanol–water partition coefficient (Wildman–Crippen LogP) is 1.34. The minimum Gasteiger partial charge on any atom is -0.374 e. The third kappa shape index (κ3) is 3.44. The van der Waals surface area contributed by atoms with Crippen LogP contribution >= 0.6 is 0 Å². The Hall–Kier alpha value is -0.120. The molecule has 1 aliphatic heterocycles. The van der Waals surface area contributed by atoms with E-state index in [0.717, 1.165) is 19.7 Å². The second-order valence-corrected chi connectivity index (χ2v) is 5.06. The number of nitrogens with zero attached hydrogens (tertiary/aromatic N) is 1. The zero-order valence-corrected chi connectivity index (χ0v) is 10.8. The van der Waals surface area contributed by atoms with Gasteiger partial charge in [-0.25, -0.2) is 0 Å². The minimum absolute atomic E-state index is 0.339. The molecule has 0 amide bonds. The van der Waals surface area contributed by atoms with Crippen molar-refractivity contribution in [1.82, 2.24) is 10.2 Å². The first-order valence-corrected chi connectivity index (χ1v) is 6.09. The van der Waals surface area contributed by atoms with E-state index in [1.165, 1.54) is 0 Å². The molecule has 1 saturated heterocycles. The molecule has 0 aliphatic carbocycles. The molecule has 0 radical (unpaired) electrons. The maximum absolute atomic E-state index is 5.87. The highest BCUT2D eigenvalue weighted by atomic mass is 16.5. The van der Waals surface area contributed by atoms with Crippen LogP contribution in [-0.2, 0) is 4.74 Å². The van der Waals surface area contributed by atoms with Gasteiger partial charge in [-0.1, -0.05) is 13.8 Å². The molecule has 0 spiro atoms. The molecule has 1 aliphatic rings. The standard InChI is InChI=1S/C12H26N2O/c1-9(2)12(13-5)11-8-14(10(3)4)6-7-15-11/h9-13H,6-8H2,1-5H3. The first-order valence-electron chi connectivity index (χ1n) is 6.09. The molecule has 0 saturated carbocycles. The number of hydrogen-bond acceptors (Lipinski definition) is 3. The minimum atomic E-state index is 0.339. The van der Waals surface area contributed by atoms with Crippen molar-refractivity contribution in [1.29, 1.82) is 0 Å². The summed E-state index contributed by atoms with van der Waals surface area (Å²) in [6.07, 6.45) is 0.339. The average molecular weight is 214 g/mol. The number of nitrogens with one attached hydrogen (secondary N) is 1. The van der Waals surface area contributed by atoms with Crippen LogP contribution in [-0.4, -0.2) is 49.8 Å². The largest absolute Gasteiger partial charge is 0.374 e. The molecule has 1 heterocycles. The Bertz CT molecular complexity index is 182. The van der Waals surface area contributed by atoms with Crippen molar-refractivity contribution >= 4 is 0 Å². The fourth-order valence-corrected chi connectivity index (χ4v) is 2.33. The van der Waals surface area contributed by atoms with Crippen molar-refractivity contribution in [2.24, 2.45) is 5.92 Å². The Kier molecular flexibility index (Phi) is 5.03. The van der Waals surface area contributed by atoms with Gasteiger partial charge in [-0.3, -0.25) is 4.90 Å². The van der Waals surface area contributed by atoms with Gasteiger partial charge in [0.1, 0.15) is 0 Å². The molecule has 1 rings (SSSR count). The first-order chi connectivity index (χ1) is 7.06. The van der Waals surface area contributed by atoms with E-state index >= 15 is 0 Å². The van der Waals surface area contributed by atoms with Crippen molar-refractivity contribution in [3.05, 3.63) is 0 Å². The Labute approximate surface area is 94.2 Å². The zero-order valence-electron chi connectivity index (χ0n) is 10.8. The van der Waals surface area contributed by atoms with Crippen LogP contribution in [0.2, 0.25) is 0 Å². The number of hydrogen-bond donors (Lipinski definition) is 1. The lowest BCUT2D eigenvalue weighted by atomic mass is 9.97. The normalized spacial score (nSPS) is 26.2. The van der Waals surface area contributed by atoms with Crippen LogP contribution < -0.4 is 5.32 Å². The maximum atomic E-state index is 5.87. The summed E-state index contributed by atoms with van der Waals surface area (Å²) in [5, 5.41) is 3.38. The molecule has 3 heteroatoms. The Morgan fingerprint density at radius 1 is 1.27 bits per heavy atom. The van der Waals surface area contributed by atoms with E-state index in [9.17, 15) is 0 Å². The van der Waals surface area contributed by atoms with Crippen molar-refractivity contribution in [3.63, 3.8) is 0 Å². The summed E-state index contributed by atoms with van der Waals surface area (Å²) in [4.78, 5) is 2.50. The Balaban J connectivity index is 2.54. The SMILES string of the molecule is CNC(C(C)C)C1CN(C(C)C)CCO1. The van der Waals surface area contributed by atoms with Crippen molar-refractivity contribution in [2.75, 3.05) is 26.7 Å². The lowest BCUT2D eigenvalue weighted by Gasteiger charge is -2.40. The van der Waals surface area contributed by atoms with Crippen molar-refractivity contribution < 1.29 is 4.74 Å². The average Bonchev–Trinajstić information content (AvgIpc) is 2.18. The van der Waals surface area contributed by atoms with Gasteiger partial charge in [0, 0.05) is 25.2 Å². The van der Waals surface area contributed by atoms with Gasteiger partial charge in [0.05, 0.1) is 12.7 Å². The lowest BCUT2D eigenvalue weighted by Crippen LogP contribution is -2.54. The van der Waals surface area contributed by atoms with Crippen molar-refractivity contribution in [2.45, 2.75) is 45.9 Å². The molecule has 0 bridgehead atoms. The smallest absolute Gasteiger partial charge is 0.0857 e. The van der Waals surface area contributed by atoms with E-state index in [-0.39, 0.29) is 0 Å². The van der Waals surface area contributed by atoms with Crippen LogP contribution in [0.5, 0.6) is 0 Å². The molecule has 3 nitrogen and oxygen atoms in total. The molecule has 90 valence electrons. The second kappa shape index (κ2) is 5.83. The molecule has 15 heavy (non-hydrogen) atoms. The third-order valence-electron chi connectivity index (χ3n) is 3.31. The highest BCUT2D eigenvalue weighted by Gasteiger charge is 2.29. The van der Waals surface area contributed by atoms with E-state index in [0.29, 0.717) is 24.1 Å². The van der Waals surface area contributed by atoms with Crippen molar-refractivity contribution in [3.8, 4) is 0 Å². The van der Waals surface area contributed by atoms with Crippen LogP contribution in [0.3, 0.4) is 0 Å². The molecular formula is C12H26N2O. The molecule has 1 N–H and O–H groups in total. The molecular weight excluding hydrogens is 188 g/mol. The molecule has 0 aromatic rings. The van der Waals surface area contributed by atoms with Gasteiger partial charge >= 0.3 is 0 Å². The van der Waals surface area contributed by atoms with Crippen LogP contribution in [0.25, 0.3) is 0 Å². The van der Waals surface area contributed by atoms with E-state index < -0.39 is 0 Å². The number of morpholine rings is 1. The summed E-state index contributed by atoms with van der Waals surface area (Å²) in [5.74, 6) is 0.618. The summed E-state index contributed by atoms with van der Waals surface area (Å²) in [6.45, 7) is 12.0. The van der Waals surface area contributed by atoms with Crippen LogP contribution in [0.4, 0.5) is 0 Å². The molecule has 0 aromatic heterocycles. The topological polar surface area (TPSA) is 24.5 Å². The first kappa shape index (κ1) is 12.9. The van der Waals surface area contributed by atoms with Gasteiger partial charge in [0.15, 0.2) is 0 Å². The summed E-state index contributed by atoms with van der Waals surface area (Å²) in [7, 11) is 2.03. The molecule has 2 unspecified atom stereocenters. The molecule has 0 aromatic carbocycles.